The molecular formula is C14H21ClN2. The van der Waals surface area contributed by atoms with Crippen LogP contribution >= 0.6 is 11.6 Å². The second-order valence-corrected chi connectivity index (χ2v) is 6.05. The van der Waals surface area contributed by atoms with E-state index in [-0.39, 0.29) is 0 Å². The average Bonchev–Trinajstić information content (AvgIpc) is 2.27. The standard InChI is InChI=1S/C14H21ClN2/c1-14(2)7-4-8-17(10-14)13-11(9-16)5-3-6-12(13)15/h3,5-6H,4,7-10,16H2,1-2H3. The van der Waals surface area contributed by atoms with Gasteiger partial charge in [-0.1, -0.05) is 37.6 Å². The zero-order chi connectivity index (χ0) is 12.5. The second-order valence-electron chi connectivity index (χ2n) is 5.64. The van der Waals surface area contributed by atoms with Crippen molar-refractivity contribution in [3.8, 4) is 0 Å². The van der Waals surface area contributed by atoms with Crippen molar-refractivity contribution in [3.63, 3.8) is 0 Å². The van der Waals surface area contributed by atoms with Crippen LogP contribution < -0.4 is 10.6 Å². The van der Waals surface area contributed by atoms with Gasteiger partial charge in [-0.05, 0) is 29.9 Å². The molecule has 1 heterocycles. The van der Waals surface area contributed by atoms with Crippen molar-refractivity contribution in [2.75, 3.05) is 18.0 Å². The van der Waals surface area contributed by atoms with Crippen molar-refractivity contribution < 1.29 is 0 Å². The van der Waals surface area contributed by atoms with Crippen LogP contribution in [0.3, 0.4) is 0 Å². The Morgan fingerprint density at radius 3 is 2.82 bits per heavy atom. The molecule has 0 spiro atoms. The third-order valence-electron chi connectivity index (χ3n) is 3.51. The maximum Gasteiger partial charge on any atom is 0.0642 e. The molecule has 0 amide bonds. The summed E-state index contributed by atoms with van der Waals surface area (Å²) in [5.74, 6) is 0. The maximum atomic E-state index is 6.34. The van der Waals surface area contributed by atoms with Crippen LogP contribution in [0.25, 0.3) is 0 Å². The van der Waals surface area contributed by atoms with Crippen LogP contribution in [0.15, 0.2) is 18.2 Å². The Bertz CT molecular complexity index is 401. The van der Waals surface area contributed by atoms with E-state index in [0.717, 1.165) is 29.4 Å². The minimum atomic E-state index is 0.364. The van der Waals surface area contributed by atoms with Gasteiger partial charge in [-0.3, -0.25) is 0 Å². The lowest BCUT2D eigenvalue weighted by atomic mass is 9.84. The lowest BCUT2D eigenvalue weighted by molar-refractivity contribution is 0.293. The largest absolute Gasteiger partial charge is 0.370 e. The Labute approximate surface area is 109 Å². The molecule has 2 nitrogen and oxygen atoms in total. The molecule has 17 heavy (non-hydrogen) atoms. The lowest BCUT2D eigenvalue weighted by Crippen LogP contribution is -2.40. The molecule has 1 aromatic rings. The zero-order valence-electron chi connectivity index (χ0n) is 10.7. The van der Waals surface area contributed by atoms with E-state index in [1.54, 1.807) is 0 Å². The quantitative estimate of drug-likeness (QED) is 0.874. The monoisotopic (exact) mass is 252 g/mol. The van der Waals surface area contributed by atoms with Gasteiger partial charge in [0.15, 0.2) is 0 Å². The van der Waals surface area contributed by atoms with Gasteiger partial charge in [0.25, 0.3) is 0 Å². The molecule has 1 fully saturated rings. The summed E-state index contributed by atoms with van der Waals surface area (Å²) in [5, 5.41) is 0.825. The van der Waals surface area contributed by atoms with Crippen LogP contribution in [-0.4, -0.2) is 13.1 Å². The van der Waals surface area contributed by atoms with Crippen molar-refractivity contribution in [3.05, 3.63) is 28.8 Å². The van der Waals surface area contributed by atoms with Crippen molar-refractivity contribution in [1.29, 1.82) is 0 Å². The minimum Gasteiger partial charge on any atom is -0.370 e. The number of rotatable bonds is 2. The molecule has 0 unspecified atom stereocenters. The summed E-state index contributed by atoms with van der Waals surface area (Å²) in [4.78, 5) is 2.40. The predicted molar refractivity (Wildman–Crippen MR) is 74.6 cm³/mol. The second kappa shape index (κ2) is 4.87. The summed E-state index contributed by atoms with van der Waals surface area (Å²) in [6.45, 7) is 7.33. The molecule has 1 aliphatic rings. The number of para-hydroxylation sites is 1. The SMILES string of the molecule is CC1(C)CCCN(c2c(Cl)cccc2CN)C1. The Morgan fingerprint density at radius 1 is 1.41 bits per heavy atom. The van der Waals surface area contributed by atoms with E-state index in [1.165, 1.54) is 12.8 Å². The highest BCUT2D eigenvalue weighted by Gasteiger charge is 2.28. The summed E-state index contributed by atoms with van der Waals surface area (Å²) in [7, 11) is 0. The van der Waals surface area contributed by atoms with Gasteiger partial charge in [0.05, 0.1) is 10.7 Å². The van der Waals surface area contributed by atoms with E-state index >= 15 is 0 Å². The van der Waals surface area contributed by atoms with Gasteiger partial charge in [-0.15, -0.1) is 0 Å². The highest BCUT2D eigenvalue weighted by atomic mass is 35.5. The van der Waals surface area contributed by atoms with Gasteiger partial charge in [-0.2, -0.15) is 0 Å². The van der Waals surface area contributed by atoms with Crippen LogP contribution in [0.1, 0.15) is 32.3 Å². The maximum absolute atomic E-state index is 6.34. The first kappa shape index (κ1) is 12.7. The number of benzene rings is 1. The van der Waals surface area contributed by atoms with E-state index in [0.29, 0.717) is 12.0 Å². The highest BCUT2D eigenvalue weighted by Crippen LogP contribution is 2.36. The van der Waals surface area contributed by atoms with E-state index in [4.69, 9.17) is 17.3 Å². The molecule has 94 valence electrons. The summed E-state index contributed by atoms with van der Waals surface area (Å²) in [6, 6.07) is 6.00. The molecule has 1 saturated heterocycles. The topological polar surface area (TPSA) is 29.3 Å². The Balaban J connectivity index is 2.33. The molecule has 0 radical (unpaired) electrons. The first-order chi connectivity index (χ1) is 8.03. The molecule has 1 aliphatic heterocycles. The average molecular weight is 253 g/mol. The van der Waals surface area contributed by atoms with E-state index < -0.39 is 0 Å². The number of piperidine rings is 1. The number of halogens is 1. The molecule has 0 aliphatic carbocycles. The summed E-state index contributed by atoms with van der Waals surface area (Å²) >= 11 is 6.34. The summed E-state index contributed by atoms with van der Waals surface area (Å²) in [6.07, 6.45) is 2.51. The third-order valence-corrected chi connectivity index (χ3v) is 3.81. The number of nitrogens with two attached hydrogens (primary N) is 1. The first-order valence-electron chi connectivity index (χ1n) is 6.26. The van der Waals surface area contributed by atoms with Crippen molar-refractivity contribution in [1.82, 2.24) is 0 Å². The van der Waals surface area contributed by atoms with Gasteiger partial charge >= 0.3 is 0 Å². The van der Waals surface area contributed by atoms with Crippen molar-refractivity contribution >= 4 is 17.3 Å². The molecular weight excluding hydrogens is 232 g/mol. The van der Waals surface area contributed by atoms with Crippen LogP contribution in [0.4, 0.5) is 5.69 Å². The summed E-state index contributed by atoms with van der Waals surface area (Å²) < 4.78 is 0. The number of hydrogen-bond acceptors (Lipinski definition) is 2. The van der Waals surface area contributed by atoms with E-state index in [2.05, 4.69) is 24.8 Å². The van der Waals surface area contributed by atoms with Gasteiger partial charge < -0.3 is 10.6 Å². The molecule has 3 heteroatoms. The fourth-order valence-corrected chi connectivity index (χ4v) is 3.01. The number of nitrogens with zero attached hydrogens (tertiary/aromatic N) is 1. The van der Waals surface area contributed by atoms with Gasteiger partial charge in [-0.25, -0.2) is 0 Å². The Morgan fingerprint density at radius 2 is 2.18 bits per heavy atom. The highest BCUT2D eigenvalue weighted by molar-refractivity contribution is 6.33. The molecule has 0 aromatic heterocycles. The molecule has 2 rings (SSSR count). The first-order valence-corrected chi connectivity index (χ1v) is 6.64. The summed E-state index contributed by atoms with van der Waals surface area (Å²) in [5.41, 5.74) is 8.46. The minimum absolute atomic E-state index is 0.364. The molecule has 0 bridgehead atoms. The van der Waals surface area contributed by atoms with Gasteiger partial charge in [0, 0.05) is 19.6 Å². The predicted octanol–water partition coefficient (Wildman–Crippen LogP) is 3.43. The van der Waals surface area contributed by atoms with Gasteiger partial charge in [0.2, 0.25) is 0 Å². The third kappa shape index (κ3) is 2.75. The van der Waals surface area contributed by atoms with E-state index in [1.807, 2.05) is 12.1 Å². The fraction of sp³-hybridized carbons (Fsp3) is 0.571. The van der Waals surface area contributed by atoms with Crippen molar-refractivity contribution in [2.45, 2.75) is 33.2 Å². The smallest absolute Gasteiger partial charge is 0.0642 e. The number of anilines is 1. The van der Waals surface area contributed by atoms with Crippen LogP contribution in [-0.2, 0) is 6.54 Å². The fourth-order valence-electron chi connectivity index (χ4n) is 2.69. The van der Waals surface area contributed by atoms with Crippen molar-refractivity contribution in [2.24, 2.45) is 11.1 Å². The molecule has 2 N–H and O–H groups in total. The number of hydrogen-bond donors (Lipinski definition) is 1. The molecule has 0 saturated carbocycles. The van der Waals surface area contributed by atoms with Crippen LogP contribution in [0.5, 0.6) is 0 Å². The van der Waals surface area contributed by atoms with E-state index in [9.17, 15) is 0 Å². The van der Waals surface area contributed by atoms with Crippen LogP contribution in [0, 0.1) is 5.41 Å². The Kier molecular flexibility index (Phi) is 3.64. The van der Waals surface area contributed by atoms with Gasteiger partial charge in [0.1, 0.15) is 0 Å². The Hall–Kier alpha value is -0.730. The lowest BCUT2D eigenvalue weighted by Gasteiger charge is -2.40. The molecule has 0 atom stereocenters. The molecule has 1 aromatic carbocycles. The van der Waals surface area contributed by atoms with Crippen LogP contribution in [0.2, 0.25) is 5.02 Å². The normalized spacial score (nSPS) is 19.4. The zero-order valence-corrected chi connectivity index (χ0v) is 11.4.